The van der Waals surface area contributed by atoms with Crippen molar-refractivity contribution in [1.82, 2.24) is 4.90 Å². The molecule has 1 aliphatic carbocycles. The lowest BCUT2D eigenvalue weighted by atomic mass is 9.94. The van der Waals surface area contributed by atoms with E-state index in [-0.39, 0.29) is 11.3 Å². The van der Waals surface area contributed by atoms with E-state index in [1.54, 1.807) is 0 Å². The molecular weight excluding hydrogens is 312 g/mol. The fourth-order valence-electron chi connectivity index (χ4n) is 3.64. The lowest BCUT2D eigenvalue weighted by Crippen LogP contribution is -2.40. The van der Waals surface area contributed by atoms with Crippen LogP contribution in [0.3, 0.4) is 0 Å². The first-order valence-corrected chi connectivity index (χ1v) is 8.88. The predicted molar refractivity (Wildman–Crippen MR) is 99.0 cm³/mol. The van der Waals surface area contributed by atoms with Gasteiger partial charge in [0.05, 0.1) is 12.0 Å². The number of amides is 1. The van der Waals surface area contributed by atoms with E-state index in [2.05, 4.69) is 29.2 Å². The van der Waals surface area contributed by atoms with Gasteiger partial charge >= 0.3 is 0 Å². The van der Waals surface area contributed by atoms with Crippen molar-refractivity contribution in [1.29, 1.82) is 0 Å². The summed E-state index contributed by atoms with van der Waals surface area (Å²) in [5.41, 5.74) is 3.04. The Morgan fingerprint density at radius 1 is 1.12 bits per heavy atom. The van der Waals surface area contributed by atoms with Gasteiger partial charge in [-0.25, -0.2) is 0 Å². The average Bonchev–Trinajstić information content (AvgIpc) is 3.45. The molecule has 1 aliphatic heterocycles. The van der Waals surface area contributed by atoms with Gasteiger partial charge in [0.2, 0.25) is 5.91 Å². The minimum absolute atomic E-state index is 0.241. The van der Waals surface area contributed by atoms with Gasteiger partial charge in [0.1, 0.15) is 12.4 Å². The normalized spacial score (nSPS) is 17.9. The van der Waals surface area contributed by atoms with Crippen molar-refractivity contribution in [3.63, 3.8) is 0 Å². The second-order valence-corrected chi connectivity index (χ2v) is 7.21. The third kappa shape index (κ3) is 2.86. The number of nitrogens with zero attached hydrogens (tertiary/aromatic N) is 2. The summed E-state index contributed by atoms with van der Waals surface area (Å²) in [7, 11) is 4.05. The highest BCUT2D eigenvalue weighted by molar-refractivity contribution is 5.91. The van der Waals surface area contributed by atoms with E-state index >= 15 is 0 Å². The van der Waals surface area contributed by atoms with Crippen molar-refractivity contribution in [2.45, 2.75) is 24.8 Å². The third-order valence-electron chi connectivity index (χ3n) is 5.31. The standard InChI is InChI=1S/C21H24N2O2/c1-22(2)18-8-9-19-16(14-18)15-23(12-13-25-19)20(24)21(10-11-21)17-6-4-3-5-7-17/h3-9,14H,10-13,15H2,1-2H3. The molecule has 0 N–H and O–H groups in total. The second-order valence-electron chi connectivity index (χ2n) is 7.21. The fourth-order valence-corrected chi connectivity index (χ4v) is 3.64. The van der Waals surface area contributed by atoms with Gasteiger partial charge in [-0.3, -0.25) is 4.79 Å². The van der Waals surface area contributed by atoms with Crippen LogP contribution >= 0.6 is 0 Å². The Bertz CT molecular complexity index is 782. The zero-order valence-corrected chi connectivity index (χ0v) is 14.9. The van der Waals surface area contributed by atoms with Gasteiger partial charge in [-0.15, -0.1) is 0 Å². The Labute approximate surface area is 149 Å². The van der Waals surface area contributed by atoms with Gasteiger partial charge in [-0.1, -0.05) is 30.3 Å². The zero-order chi connectivity index (χ0) is 17.4. The summed E-state index contributed by atoms with van der Waals surface area (Å²) in [6.07, 6.45) is 1.88. The Morgan fingerprint density at radius 3 is 2.56 bits per heavy atom. The Morgan fingerprint density at radius 2 is 1.88 bits per heavy atom. The molecule has 0 bridgehead atoms. The minimum Gasteiger partial charge on any atom is -0.491 e. The number of hydrogen-bond donors (Lipinski definition) is 0. The molecule has 0 unspecified atom stereocenters. The van der Waals surface area contributed by atoms with Gasteiger partial charge in [-0.05, 0) is 36.6 Å². The average molecular weight is 336 g/mol. The van der Waals surface area contributed by atoms with Crippen LogP contribution < -0.4 is 9.64 Å². The molecule has 1 fully saturated rings. The molecule has 1 heterocycles. The van der Waals surface area contributed by atoms with E-state index in [9.17, 15) is 4.79 Å². The fraction of sp³-hybridized carbons (Fsp3) is 0.381. The summed E-state index contributed by atoms with van der Waals surface area (Å²) in [5, 5.41) is 0. The molecule has 0 aromatic heterocycles. The van der Waals surface area contributed by atoms with Crippen LogP contribution in [0.4, 0.5) is 5.69 Å². The van der Waals surface area contributed by atoms with Crippen molar-refractivity contribution in [3.05, 3.63) is 59.7 Å². The molecule has 0 radical (unpaired) electrons. The molecule has 2 aromatic rings. The SMILES string of the molecule is CN(C)c1ccc2c(c1)CN(C(=O)C1(c3ccccc3)CC1)CCO2. The van der Waals surface area contributed by atoms with Crippen LogP contribution in [0.2, 0.25) is 0 Å². The van der Waals surface area contributed by atoms with Crippen LogP contribution in [0.15, 0.2) is 48.5 Å². The largest absolute Gasteiger partial charge is 0.491 e. The molecular formula is C21H24N2O2. The summed E-state index contributed by atoms with van der Waals surface area (Å²) in [6, 6.07) is 16.4. The van der Waals surface area contributed by atoms with E-state index in [0.717, 1.165) is 35.4 Å². The Balaban J connectivity index is 1.61. The Hall–Kier alpha value is -2.49. The van der Waals surface area contributed by atoms with Gasteiger partial charge in [0.15, 0.2) is 0 Å². The molecule has 0 atom stereocenters. The number of benzene rings is 2. The minimum atomic E-state index is -0.315. The molecule has 0 saturated heterocycles. The lowest BCUT2D eigenvalue weighted by molar-refractivity contribution is -0.134. The smallest absolute Gasteiger partial charge is 0.233 e. The zero-order valence-electron chi connectivity index (χ0n) is 14.9. The van der Waals surface area contributed by atoms with Crippen molar-refractivity contribution < 1.29 is 9.53 Å². The number of carbonyl (C=O) groups excluding carboxylic acids is 1. The second kappa shape index (κ2) is 6.10. The number of ether oxygens (including phenoxy) is 1. The molecule has 4 nitrogen and oxygen atoms in total. The number of rotatable bonds is 3. The molecule has 0 spiro atoms. The quantitative estimate of drug-likeness (QED) is 0.863. The maximum absolute atomic E-state index is 13.3. The molecule has 130 valence electrons. The molecule has 1 amide bonds. The number of hydrogen-bond acceptors (Lipinski definition) is 3. The molecule has 2 aromatic carbocycles. The molecule has 1 saturated carbocycles. The van der Waals surface area contributed by atoms with E-state index < -0.39 is 0 Å². The number of fused-ring (bicyclic) bond motifs is 1. The van der Waals surface area contributed by atoms with Crippen molar-refractivity contribution in [2.24, 2.45) is 0 Å². The van der Waals surface area contributed by atoms with E-state index in [1.807, 2.05) is 43.3 Å². The lowest BCUT2D eigenvalue weighted by Gasteiger charge is -2.26. The first kappa shape index (κ1) is 16.0. The van der Waals surface area contributed by atoms with Gasteiger partial charge in [0.25, 0.3) is 0 Å². The van der Waals surface area contributed by atoms with Crippen LogP contribution in [0.1, 0.15) is 24.0 Å². The Kier molecular flexibility index (Phi) is 3.91. The maximum Gasteiger partial charge on any atom is 0.233 e. The summed E-state index contributed by atoms with van der Waals surface area (Å²) in [6.45, 7) is 1.80. The van der Waals surface area contributed by atoms with Gasteiger partial charge < -0.3 is 14.5 Å². The van der Waals surface area contributed by atoms with Crippen LogP contribution in [0, 0.1) is 0 Å². The van der Waals surface area contributed by atoms with E-state index in [4.69, 9.17) is 4.74 Å². The highest BCUT2D eigenvalue weighted by Gasteiger charge is 2.53. The third-order valence-corrected chi connectivity index (χ3v) is 5.31. The van der Waals surface area contributed by atoms with Crippen LogP contribution in [-0.4, -0.2) is 38.1 Å². The molecule has 25 heavy (non-hydrogen) atoms. The van der Waals surface area contributed by atoms with Crippen LogP contribution in [0.5, 0.6) is 5.75 Å². The predicted octanol–water partition coefficient (Wildman–Crippen LogP) is 3.21. The van der Waals surface area contributed by atoms with Crippen molar-refractivity contribution in [3.8, 4) is 5.75 Å². The van der Waals surface area contributed by atoms with E-state index in [0.29, 0.717) is 19.7 Å². The molecule has 4 heteroatoms. The van der Waals surface area contributed by atoms with Crippen molar-refractivity contribution in [2.75, 3.05) is 32.1 Å². The topological polar surface area (TPSA) is 32.8 Å². The number of anilines is 1. The van der Waals surface area contributed by atoms with E-state index in [1.165, 1.54) is 0 Å². The highest BCUT2D eigenvalue weighted by Crippen LogP contribution is 2.50. The van der Waals surface area contributed by atoms with Gasteiger partial charge in [0, 0.05) is 31.9 Å². The summed E-state index contributed by atoms with van der Waals surface area (Å²) >= 11 is 0. The summed E-state index contributed by atoms with van der Waals surface area (Å²) in [4.78, 5) is 17.4. The number of carbonyl (C=O) groups is 1. The monoisotopic (exact) mass is 336 g/mol. The first-order valence-electron chi connectivity index (χ1n) is 8.88. The van der Waals surface area contributed by atoms with Crippen LogP contribution in [-0.2, 0) is 16.8 Å². The first-order chi connectivity index (χ1) is 12.1. The maximum atomic E-state index is 13.3. The molecule has 2 aliphatic rings. The van der Waals surface area contributed by atoms with Crippen LogP contribution in [0.25, 0.3) is 0 Å². The molecule has 4 rings (SSSR count). The highest BCUT2D eigenvalue weighted by atomic mass is 16.5. The summed E-state index contributed by atoms with van der Waals surface area (Å²) in [5.74, 6) is 1.14. The van der Waals surface area contributed by atoms with Crippen molar-refractivity contribution >= 4 is 11.6 Å². The van der Waals surface area contributed by atoms with Gasteiger partial charge in [-0.2, -0.15) is 0 Å². The summed E-state index contributed by atoms with van der Waals surface area (Å²) < 4.78 is 5.89.